The van der Waals surface area contributed by atoms with Crippen LogP contribution in [0.2, 0.25) is 0 Å². The van der Waals surface area contributed by atoms with Crippen LogP contribution in [-0.2, 0) is 17.8 Å². The molecule has 0 saturated carbocycles. The molecule has 0 fully saturated rings. The monoisotopic (exact) mass is 349 g/mol. The van der Waals surface area contributed by atoms with E-state index in [1.165, 1.54) is 11.1 Å². The summed E-state index contributed by atoms with van der Waals surface area (Å²) in [5.41, 5.74) is 2.60. The summed E-state index contributed by atoms with van der Waals surface area (Å²) in [6, 6.07) is 4.16. The molecule has 4 nitrogen and oxygen atoms in total. The third kappa shape index (κ3) is 6.03. The molecule has 0 aliphatic carbocycles. The van der Waals surface area contributed by atoms with Gasteiger partial charge in [0.25, 0.3) is 0 Å². The predicted molar refractivity (Wildman–Crippen MR) is 104 cm³/mol. The van der Waals surface area contributed by atoms with Gasteiger partial charge in [0.15, 0.2) is 11.5 Å². The lowest BCUT2D eigenvalue weighted by atomic mass is 9.91. The summed E-state index contributed by atoms with van der Waals surface area (Å²) in [6.45, 7) is 12.8. The first-order valence-corrected chi connectivity index (χ1v) is 9.41. The molecule has 2 rings (SSSR count). The smallest absolute Gasteiger partial charge is 0.161 e. The molecular formula is C21H35NO3. The van der Waals surface area contributed by atoms with Gasteiger partial charge in [-0.3, -0.25) is 9.69 Å². The van der Waals surface area contributed by atoms with Crippen LogP contribution in [-0.4, -0.2) is 38.0 Å². The van der Waals surface area contributed by atoms with Crippen molar-refractivity contribution in [3.63, 3.8) is 0 Å². The van der Waals surface area contributed by atoms with Gasteiger partial charge < -0.3 is 9.47 Å². The molecule has 0 N–H and O–H groups in total. The lowest BCUT2D eigenvalue weighted by Gasteiger charge is -2.32. The van der Waals surface area contributed by atoms with E-state index in [4.69, 9.17) is 9.47 Å². The minimum atomic E-state index is 0.136. The van der Waals surface area contributed by atoms with E-state index in [-0.39, 0.29) is 5.92 Å². The van der Waals surface area contributed by atoms with Crippen LogP contribution in [0, 0.1) is 11.8 Å². The van der Waals surface area contributed by atoms with Gasteiger partial charge in [-0.15, -0.1) is 0 Å². The SMILES string of the molecule is CC.COc1cc2c(cc1OC)CN(CC(CC(C)C)C(C)=O)CC2. The number of rotatable bonds is 7. The summed E-state index contributed by atoms with van der Waals surface area (Å²) in [4.78, 5) is 14.3. The maximum Gasteiger partial charge on any atom is 0.161 e. The summed E-state index contributed by atoms with van der Waals surface area (Å²) in [5, 5.41) is 0. The number of carbonyl (C=O) groups excluding carboxylic acids is 1. The van der Waals surface area contributed by atoms with E-state index in [1.54, 1.807) is 21.1 Å². The molecule has 0 amide bonds. The van der Waals surface area contributed by atoms with Crippen LogP contribution in [0.15, 0.2) is 12.1 Å². The number of methoxy groups -OCH3 is 2. The van der Waals surface area contributed by atoms with E-state index < -0.39 is 0 Å². The average molecular weight is 350 g/mol. The van der Waals surface area contributed by atoms with Crippen LogP contribution < -0.4 is 9.47 Å². The molecule has 1 heterocycles. The number of ether oxygens (including phenoxy) is 2. The Morgan fingerprint density at radius 1 is 1.12 bits per heavy atom. The highest BCUT2D eigenvalue weighted by atomic mass is 16.5. The molecule has 0 spiro atoms. The zero-order valence-electron chi connectivity index (χ0n) is 17.0. The van der Waals surface area contributed by atoms with Crippen molar-refractivity contribution < 1.29 is 14.3 Å². The van der Waals surface area contributed by atoms with Crippen molar-refractivity contribution >= 4 is 5.78 Å². The van der Waals surface area contributed by atoms with Crippen molar-refractivity contribution in [2.45, 2.75) is 54.0 Å². The molecule has 1 aromatic rings. The van der Waals surface area contributed by atoms with Gasteiger partial charge in [0, 0.05) is 25.6 Å². The van der Waals surface area contributed by atoms with Crippen molar-refractivity contribution in [3.05, 3.63) is 23.3 Å². The maximum atomic E-state index is 11.9. The van der Waals surface area contributed by atoms with Crippen molar-refractivity contribution in [1.29, 1.82) is 0 Å². The van der Waals surface area contributed by atoms with Crippen LogP contribution >= 0.6 is 0 Å². The standard InChI is InChI=1S/C19H29NO3.C2H6/c1-13(2)8-16(14(3)21)11-20-7-6-15-9-18(22-4)19(23-5)10-17(15)12-20;1-2/h9-10,13,16H,6-8,11-12H2,1-5H3;1-2H3. The van der Waals surface area contributed by atoms with Gasteiger partial charge in [-0.2, -0.15) is 0 Å². The molecule has 1 aliphatic rings. The van der Waals surface area contributed by atoms with Crippen molar-refractivity contribution in [2.24, 2.45) is 11.8 Å². The molecule has 0 aromatic heterocycles. The zero-order chi connectivity index (χ0) is 19.0. The van der Waals surface area contributed by atoms with Crippen LogP contribution in [0.3, 0.4) is 0 Å². The third-order valence-electron chi connectivity index (χ3n) is 4.61. The normalized spacial score (nSPS) is 15.0. The second kappa shape index (κ2) is 10.4. The average Bonchev–Trinajstić information content (AvgIpc) is 2.61. The van der Waals surface area contributed by atoms with Gasteiger partial charge >= 0.3 is 0 Å². The minimum absolute atomic E-state index is 0.136. The zero-order valence-corrected chi connectivity index (χ0v) is 17.0. The number of carbonyl (C=O) groups is 1. The molecule has 1 unspecified atom stereocenters. The number of Topliss-reactive ketones (excluding diaryl/α,β-unsaturated/α-hetero) is 1. The minimum Gasteiger partial charge on any atom is -0.493 e. The number of fused-ring (bicyclic) bond motifs is 1. The second-order valence-corrected chi connectivity index (χ2v) is 6.90. The maximum absolute atomic E-state index is 11.9. The van der Waals surface area contributed by atoms with Crippen molar-refractivity contribution in [2.75, 3.05) is 27.3 Å². The van der Waals surface area contributed by atoms with Gasteiger partial charge in [0.05, 0.1) is 14.2 Å². The van der Waals surface area contributed by atoms with E-state index >= 15 is 0 Å². The molecule has 0 radical (unpaired) electrons. The van der Waals surface area contributed by atoms with Crippen molar-refractivity contribution in [1.82, 2.24) is 4.90 Å². The van der Waals surface area contributed by atoms with Gasteiger partial charge in [-0.05, 0) is 48.9 Å². The van der Waals surface area contributed by atoms with Crippen LogP contribution in [0.1, 0.15) is 52.2 Å². The fraction of sp³-hybridized carbons (Fsp3) is 0.667. The molecule has 25 heavy (non-hydrogen) atoms. The van der Waals surface area contributed by atoms with Crippen LogP contribution in [0.25, 0.3) is 0 Å². The Morgan fingerprint density at radius 2 is 1.68 bits per heavy atom. The highest BCUT2D eigenvalue weighted by Crippen LogP contribution is 2.33. The lowest BCUT2D eigenvalue weighted by Crippen LogP contribution is -2.37. The number of hydrogen-bond acceptors (Lipinski definition) is 4. The number of benzene rings is 1. The summed E-state index contributed by atoms with van der Waals surface area (Å²) in [6.07, 6.45) is 1.95. The molecule has 0 saturated heterocycles. The molecule has 1 aliphatic heterocycles. The fourth-order valence-corrected chi connectivity index (χ4v) is 3.35. The molecule has 1 aromatic carbocycles. The highest BCUT2D eigenvalue weighted by Gasteiger charge is 2.24. The molecular weight excluding hydrogens is 314 g/mol. The Kier molecular flexibility index (Phi) is 8.98. The topological polar surface area (TPSA) is 38.8 Å². The van der Waals surface area contributed by atoms with E-state index in [9.17, 15) is 4.79 Å². The Labute approximate surface area is 153 Å². The summed E-state index contributed by atoms with van der Waals surface area (Å²) in [7, 11) is 3.34. The molecule has 142 valence electrons. The summed E-state index contributed by atoms with van der Waals surface area (Å²) in [5.74, 6) is 2.55. The lowest BCUT2D eigenvalue weighted by molar-refractivity contribution is -0.121. The van der Waals surface area contributed by atoms with Gasteiger partial charge in [-0.25, -0.2) is 0 Å². The van der Waals surface area contributed by atoms with Gasteiger partial charge in [0.1, 0.15) is 5.78 Å². The Hall–Kier alpha value is -1.55. The highest BCUT2D eigenvalue weighted by molar-refractivity contribution is 5.78. The fourth-order valence-electron chi connectivity index (χ4n) is 3.35. The van der Waals surface area contributed by atoms with Crippen LogP contribution in [0.5, 0.6) is 11.5 Å². The molecule has 0 bridgehead atoms. The van der Waals surface area contributed by atoms with Crippen LogP contribution in [0.4, 0.5) is 0 Å². The first-order chi connectivity index (χ1) is 11.9. The Morgan fingerprint density at radius 3 is 2.16 bits per heavy atom. The largest absolute Gasteiger partial charge is 0.493 e. The number of nitrogens with zero attached hydrogens (tertiary/aromatic N) is 1. The van der Waals surface area contributed by atoms with Gasteiger partial charge in [0.2, 0.25) is 0 Å². The second-order valence-electron chi connectivity index (χ2n) is 6.90. The summed E-state index contributed by atoms with van der Waals surface area (Å²) >= 11 is 0. The molecule has 4 heteroatoms. The Bertz CT molecular complexity index is 554. The first-order valence-electron chi connectivity index (χ1n) is 9.41. The number of ketones is 1. The first kappa shape index (κ1) is 21.5. The van der Waals surface area contributed by atoms with E-state index in [2.05, 4.69) is 30.9 Å². The Balaban J connectivity index is 0.00000151. The predicted octanol–water partition coefficient (Wildman–Crippen LogP) is 4.34. The van der Waals surface area contributed by atoms with Gasteiger partial charge in [-0.1, -0.05) is 27.7 Å². The van der Waals surface area contributed by atoms with E-state index in [1.807, 2.05) is 13.8 Å². The quantitative estimate of drug-likeness (QED) is 0.734. The van der Waals surface area contributed by atoms with E-state index in [0.717, 1.165) is 44.0 Å². The summed E-state index contributed by atoms with van der Waals surface area (Å²) < 4.78 is 10.8. The molecule has 1 atom stereocenters. The third-order valence-corrected chi connectivity index (χ3v) is 4.61. The number of hydrogen-bond donors (Lipinski definition) is 0. The van der Waals surface area contributed by atoms with E-state index in [0.29, 0.717) is 11.7 Å². The van der Waals surface area contributed by atoms with Crippen molar-refractivity contribution in [3.8, 4) is 11.5 Å².